The number of fused-ring (bicyclic) bond motifs is 3. The van der Waals surface area contributed by atoms with E-state index in [1.807, 2.05) is 4.58 Å². The average Bonchev–Trinajstić information content (AvgIpc) is 2.60. The number of hydrogen-bond acceptors (Lipinski definition) is 0. The van der Waals surface area contributed by atoms with Crippen LogP contribution in [0.25, 0.3) is 16.8 Å². The molecule has 0 amide bonds. The van der Waals surface area contributed by atoms with E-state index in [1.54, 1.807) is 0 Å². The molecule has 0 saturated carbocycles. The molecule has 1 aliphatic heterocycles. The summed E-state index contributed by atoms with van der Waals surface area (Å²) in [7, 11) is 0. The van der Waals surface area contributed by atoms with Crippen LogP contribution in [0.4, 0.5) is 0 Å². The summed E-state index contributed by atoms with van der Waals surface area (Å²) >= 11 is 0. The van der Waals surface area contributed by atoms with Gasteiger partial charge in [0.15, 0.2) is 6.04 Å². The average molecular weight is 339 g/mol. The molecule has 0 bridgehead atoms. The van der Waals surface area contributed by atoms with Crippen molar-refractivity contribution in [2.75, 3.05) is 0 Å². The van der Waals surface area contributed by atoms with E-state index < -0.39 is 0 Å². The molecule has 0 saturated heterocycles. The fourth-order valence-corrected chi connectivity index (χ4v) is 3.71. The van der Waals surface area contributed by atoms with Crippen molar-refractivity contribution in [3.05, 3.63) is 94.7 Å². The van der Waals surface area contributed by atoms with Crippen LogP contribution in [0.3, 0.4) is 0 Å². The van der Waals surface area contributed by atoms with Crippen molar-refractivity contribution >= 4 is 23.6 Å². The van der Waals surface area contributed by atoms with Gasteiger partial charge < -0.3 is 0 Å². The summed E-state index contributed by atoms with van der Waals surface area (Å²) in [6, 6.07) is 21.1. The molecule has 0 unspecified atom stereocenters. The monoisotopic (exact) mass is 339 g/mol. The molecular formula is C25H25N. The van der Waals surface area contributed by atoms with E-state index >= 15 is 0 Å². The number of hydrogen-bond donors (Lipinski definition) is 0. The minimum Gasteiger partial charge on any atom is -0.243 e. The number of aryl methyl sites for hydroxylation is 1. The Balaban J connectivity index is 1.91. The fraction of sp³-hybridized carbons (Fsp3) is 0.200. The Hall–Kier alpha value is -2.80. The van der Waals surface area contributed by atoms with Crippen LogP contribution >= 0.6 is 0 Å². The van der Waals surface area contributed by atoms with Gasteiger partial charge in [-0.05, 0) is 51.4 Å². The third-order valence-electron chi connectivity index (χ3n) is 5.18. The maximum Gasteiger partial charge on any atom is 0.159 e. The van der Waals surface area contributed by atoms with Crippen LogP contribution in [0.5, 0.6) is 0 Å². The van der Waals surface area contributed by atoms with Crippen molar-refractivity contribution in [1.29, 1.82) is 0 Å². The largest absolute Gasteiger partial charge is 0.243 e. The Morgan fingerprint density at radius 3 is 2.50 bits per heavy atom. The molecule has 26 heavy (non-hydrogen) atoms. The molecule has 1 aliphatic rings. The first kappa shape index (κ1) is 16.7. The van der Waals surface area contributed by atoms with Crippen molar-refractivity contribution in [3.8, 4) is 0 Å². The van der Waals surface area contributed by atoms with Crippen molar-refractivity contribution in [1.82, 2.24) is 0 Å². The molecule has 4 rings (SSSR count). The van der Waals surface area contributed by atoms with E-state index in [4.69, 9.17) is 0 Å². The summed E-state index contributed by atoms with van der Waals surface area (Å²) in [6.07, 6.45) is 4.25. The lowest BCUT2D eigenvalue weighted by Gasteiger charge is -2.26. The lowest BCUT2D eigenvalue weighted by molar-refractivity contribution is -0.418. The molecule has 130 valence electrons. The summed E-state index contributed by atoms with van der Waals surface area (Å²) < 4.78 is 1.98. The first-order valence-electron chi connectivity index (χ1n) is 9.14. The van der Waals surface area contributed by atoms with Crippen molar-refractivity contribution in [2.24, 2.45) is 0 Å². The summed E-state index contributed by atoms with van der Waals surface area (Å²) in [5.41, 5.74) is 6.50. The van der Waals surface area contributed by atoms with Gasteiger partial charge in [0.25, 0.3) is 0 Å². The van der Waals surface area contributed by atoms with Gasteiger partial charge in [0.1, 0.15) is 6.20 Å². The maximum atomic E-state index is 4.22. The minimum absolute atomic E-state index is 0.156. The molecule has 0 N–H and O–H groups in total. The molecule has 1 nitrogen and oxygen atoms in total. The third kappa shape index (κ3) is 2.74. The molecule has 0 spiro atoms. The molecule has 1 heteroatoms. The molecule has 3 aromatic rings. The Kier molecular flexibility index (Phi) is 3.77. The van der Waals surface area contributed by atoms with Crippen LogP contribution in [0, 0.1) is 13.0 Å². The van der Waals surface area contributed by atoms with Crippen molar-refractivity contribution in [3.63, 3.8) is 0 Å². The van der Waals surface area contributed by atoms with Gasteiger partial charge in [-0.15, -0.1) is 0 Å². The summed E-state index contributed by atoms with van der Waals surface area (Å²) in [4.78, 5) is 0. The van der Waals surface area contributed by atoms with E-state index in [9.17, 15) is 0 Å². The zero-order chi connectivity index (χ0) is 18.5. The Labute approximate surface area is 156 Å². The number of rotatable bonds is 1. The van der Waals surface area contributed by atoms with E-state index in [0.717, 1.165) is 6.04 Å². The van der Waals surface area contributed by atoms with Gasteiger partial charge in [0, 0.05) is 0 Å². The van der Waals surface area contributed by atoms with E-state index in [1.165, 1.54) is 38.6 Å². The predicted molar refractivity (Wildman–Crippen MR) is 112 cm³/mol. The van der Waals surface area contributed by atoms with Crippen molar-refractivity contribution in [2.45, 2.75) is 33.1 Å². The predicted octanol–water partition coefficient (Wildman–Crippen LogP) is 6.07. The zero-order valence-corrected chi connectivity index (χ0v) is 16.0. The second-order valence-corrected chi connectivity index (χ2v) is 8.22. The molecule has 0 aromatic heterocycles. The zero-order valence-electron chi connectivity index (χ0n) is 16.0. The highest BCUT2D eigenvalue weighted by Crippen LogP contribution is 2.37. The smallest absolute Gasteiger partial charge is 0.159 e. The van der Waals surface area contributed by atoms with Gasteiger partial charge in [-0.1, -0.05) is 80.9 Å². The molecule has 0 radical (unpaired) electrons. The van der Waals surface area contributed by atoms with Gasteiger partial charge in [0.05, 0.1) is 6.72 Å². The Bertz CT molecular complexity index is 1050. The van der Waals surface area contributed by atoms with Crippen LogP contribution < -0.4 is 0 Å². The van der Waals surface area contributed by atoms with E-state index in [0.29, 0.717) is 0 Å². The molecule has 0 aliphatic carbocycles. The molecule has 0 atom stereocenters. The standard InChI is InChI=1S/C25H25N/c1-17-7-6-8-19(15-17)24-23-11-9-18-16-20(25(2,3)4)10-12-21(18)22(23)13-14-26(24)5/h6-16H,5H2,1-4H3. The van der Waals surface area contributed by atoms with Gasteiger partial charge in [-0.3, -0.25) is 0 Å². The molecule has 1 heterocycles. The lowest BCUT2D eigenvalue weighted by Crippen LogP contribution is -2.19. The second-order valence-electron chi connectivity index (χ2n) is 8.22. The number of nitrogens with zero attached hydrogens (tertiary/aromatic N) is 1. The first-order valence-corrected chi connectivity index (χ1v) is 9.14. The van der Waals surface area contributed by atoms with Gasteiger partial charge in [-0.25, -0.2) is 4.58 Å². The minimum atomic E-state index is 0.156. The maximum absolute atomic E-state index is 4.22. The molecule has 0 fully saturated rings. The highest BCUT2D eigenvalue weighted by molar-refractivity contribution is 5.94. The molecule has 3 aromatic carbocycles. The van der Waals surface area contributed by atoms with Crippen LogP contribution in [0.2, 0.25) is 0 Å². The Morgan fingerprint density at radius 1 is 0.962 bits per heavy atom. The van der Waals surface area contributed by atoms with Gasteiger partial charge in [0.2, 0.25) is 0 Å². The van der Waals surface area contributed by atoms with Crippen molar-refractivity contribution < 1.29 is 4.58 Å². The van der Waals surface area contributed by atoms with Crippen LogP contribution in [0.15, 0.2) is 60.8 Å². The highest BCUT2D eigenvalue weighted by Gasteiger charge is 2.25. The van der Waals surface area contributed by atoms with Crippen LogP contribution in [-0.4, -0.2) is 11.3 Å². The lowest BCUT2D eigenvalue weighted by atomic mass is 9.83. The van der Waals surface area contributed by atoms with E-state index in [-0.39, 0.29) is 5.41 Å². The SMILES string of the molecule is C=[N+]1C=Cc2c(ccc3cc(C(C)(C)C)ccc23)[C-]1c1cccc(C)c1. The third-order valence-corrected chi connectivity index (χ3v) is 5.18. The topological polar surface area (TPSA) is 3.01 Å². The summed E-state index contributed by atoms with van der Waals surface area (Å²) in [5.74, 6) is 0. The Morgan fingerprint density at radius 2 is 1.77 bits per heavy atom. The second kappa shape index (κ2) is 5.88. The van der Waals surface area contributed by atoms with E-state index in [2.05, 4.69) is 101 Å². The quantitative estimate of drug-likeness (QED) is 0.374. The normalized spacial score (nSPS) is 14.0. The summed E-state index contributed by atoms with van der Waals surface area (Å²) in [6.45, 7) is 13.1. The van der Waals surface area contributed by atoms with Gasteiger partial charge in [-0.2, -0.15) is 0 Å². The van der Waals surface area contributed by atoms with Crippen LogP contribution in [0.1, 0.15) is 48.6 Å². The molecular weight excluding hydrogens is 314 g/mol. The number of benzene rings is 3. The highest BCUT2D eigenvalue weighted by atomic mass is 15.0. The fourth-order valence-electron chi connectivity index (χ4n) is 3.71. The van der Waals surface area contributed by atoms with Gasteiger partial charge >= 0.3 is 0 Å². The first-order chi connectivity index (χ1) is 12.3. The van der Waals surface area contributed by atoms with Crippen LogP contribution in [-0.2, 0) is 5.41 Å². The summed E-state index contributed by atoms with van der Waals surface area (Å²) in [5, 5.41) is 2.59.